The lowest BCUT2D eigenvalue weighted by molar-refractivity contribution is -0.150. The molecule has 0 aromatic heterocycles. The molecule has 0 aliphatic heterocycles. The Morgan fingerprint density at radius 2 is 1.94 bits per heavy atom. The highest BCUT2D eigenvalue weighted by Crippen LogP contribution is 2.03. The number of esters is 1. The molecule has 1 aromatic carbocycles. The first-order chi connectivity index (χ1) is 8.59. The monoisotopic (exact) mass is 259 g/mol. The summed E-state index contributed by atoms with van der Waals surface area (Å²) in [7, 11) is 0. The third-order valence-electron chi connectivity index (χ3n) is 2.20. The Kier molecular flexibility index (Phi) is 6.24. The van der Waals surface area contributed by atoms with Crippen molar-refractivity contribution < 1.29 is 23.0 Å². The molecule has 0 heterocycles. The molecule has 0 spiro atoms. The van der Waals surface area contributed by atoms with Crippen molar-refractivity contribution in [3.63, 3.8) is 0 Å². The predicted molar refractivity (Wildman–Crippen MR) is 60.8 cm³/mol. The highest BCUT2D eigenvalue weighted by molar-refractivity contribution is 5.75. The molecule has 6 heteroatoms. The van der Waals surface area contributed by atoms with Crippen LogP contribution < -0.4 is 5.73 Å². The highest BCUT2D eigenvalue weighted by Gasteiger charge is 2.15. The smallest absolute Gasteiger partial charge is 0.345 e. The van der Waals surface area contributed by atoms with E-state index in [0.717, 1.165) is 5.56 Å². The van der Waals surface area contributed by atoms with Crippen LogP contribution in [0.3, 0.4) is 0 Å². The van der Waals surface area contributed by atoms with Gasteiger partial charge in [-0.1, -0.05) is 30.3 Å². The molecule has 4 nitrogen and oxygen atoms in total. The molecule has 0 saturated carbocycles. The Balaban J connectivity index is 2.23. The minimum atomic E-state index is -2.85. The van der Waals surface area contributed by atoms with Gasteiger partial charge in [-0.05, 0) is 12.0 Å². The summed E-state index contributed by atoms with van der Waals surface area (Å²) in [6, 6.07) is 8.14. The first-order valence-corrected chi connectivity index (χ1v) is 5.45. The Morgan fingerprint density at radius 3 is 2.56 bits per heavy atom. The zero-order valence-electron chi connectivity index (χ0n) is 9.72. The zero-order chi connectivity index (χ0) is 13.4. The molecule has 0 saturated heterocycles. The fourth-order valence-corrected chi connectivity index (χ4v) is 1.24. The number of hydrogen-bond donors (Lipinski definition) is 1. The summed E-state index contributed by atoms with van der Waals surface area (Å²) in [5.74, 6) is -0.628. The van der Waals surface area contributed by atoms with Crippen molar-refractivity contribution in [2.24, 2.45) is 5.73 Å². The Labute approximate surface area is 104 Å². The number of nitrogens with two attached hydrogens (primary N) is 1. The van der Waals surface area contributed by atoms with Crippen LogP contribution in [0.25, 0.3) is 0 Å². The number of ether oxygens (including phenoxy) is 2. The second kappa shape index (κ2) is 7.73. The number of carbonyl (C=O) groups excluding carboxylic acids is 1. The van der Waals surface area contributed by atoms with Crippen LogP contribution in [0, 0.1) is 0 Å². The Bertz CT molecular complexity index is 360. The maximum Gasteiger partial charge on any atom is 0.345 e. The van der Waals surface area contributed by atoms with Gasteiger partial charge in [0.2, 0.25) is 0 Å². The van der Waals surface area contributed by atoms with Crippen LogP contribution in [0.5, 0.6) is 0 Å². The van der Waals surface area contributed by atoms with E-state index in [1.165, 1.54) is 0 Å². The molecule has 100 valence electrons. The van der Waals surface area contributed by atoms with Gasteiger partial charge in [0.05, 0.1) is 6.61 Å². The summed E-state index contributed by atoms with van der Waals surface area (Å²) in [4.78, 5) is 11.4. The van der Waals surface area contributed by atoms with Gasteiger partial charge in [-0.15, -0.1) is 0 Å². The highest BCUT2D eigenvalue weighted by atomic mass is 19.3. The van der Waals surface area contributed by atoms with Crippen LogP contribution in [0.1, 0.15) is 12.0 Å². The summed E-state index contributed by atoms with van der Waals surface area (Å²) in [5.41, 5.74) is 6.30. The van der Waals surface area contributed by atoms with E-state index < -0.39 is 18.6 Å². The second-order valence-corrected chi connectivity index (χ2v) is 3.62. The van der Waals surface area contributed by atoms with Gasteiger partial charge in [-0.2, -0.15) is 8.78 Å². The fourth-order valence-electron chi connectivity index (χ4n) is 1.24. The van der Waals surface area contributed by atoms with Gasteiger partial charge >= 0.3 is 12.6 Å². The minimum absolute atomic E-state index is 0.00202. The molecule has 2 N–H and O–H groups in total. The third-order valence-corrected chi connectivity index (χ3v) is 2.20. The molecule has 0 aliphatic carbocycles. The molecule has 0 bridgehead atoms. The maximum absolute atomic E-state index is 11.7. The topological polar surface area (TPSA) is 61.5 Å². The average Bonchev–Trinajstić information content (AvgIpc) is 2.36. The summed E-state index contributed by atoms with van der Waals surface area (Å²) in [6.07, 6.45) is -0.00202. The molecule has 0 amide bonds. The van der Waals surface area contributed by atoms with Gasteiger partial charge < -0.3 is 15.2 Å². The van der Waals surface area contributed by atoms with Crippen molar-refractivity contribution in [2.75, 3.05) is 6.61 Å². The Morgan fingerprint density at radius 1 is 1.28 bits per heavy atom. The van der Waals surface area contributed by atoms with Crippen molar-refractivity contribution in [2.45, 2.75) is 25.7 Å². The van der Waals surface area contributed by atoms with E-state index in [4.69, 9.17) is 10.5 Å². The molecule has 0 radical (unpaired) electrons. The van der Waals surface area contributed by atoms with Crippen molar-refractivity contribution >= 4 is 5.97 Å². The number of carbonyl (C=O) groups is 1. The van der Waals surface area contributed by atoms with Gasteiger partial charge in [0, 0.05) is 0 Å². The van der Waals surface area contributed by atoms with Crippen molar-refractivity contribution in [3.05, 3.63) is 35.9 Å². The molecule has 1 rings (SSSR count). The molecular formula is C12H15F2NO3. The van der Waals surface area contributed by atoms with Crippen LogP contribution in [-0.4, -0.2) is 25.2 Å². The van der Waals surface area contributed by atoms with Crippen molar-refractivity contribution in [1.82, 2.24) is 0 Å². The van der Waals surface area contributed by atoms with E-state index in [1.54, 1.807) is 12.1 Å². The minimum Gasteiger partial charge on any atom is -0.460 e. The van der Waals surface area contributed by atoms with Crippen LogP contribution in [0.2, 0.25) is 0 Å². The lowest BCUT2D eigenvalue weighted by Crippen LogP contribution is -2.33. The predicted octanol–water partition coefficient (Wildman–Crippen LogP) is 1.69. The quantitative estimate of drug-likeness (QED) is 0.757. The van der Waals surface area contributed by atoms with Crippen LogP contribution in [0.15, 0.2) is 30.3 Å². The van der Waals surface area contributed by atoms with Gasteiger partial charge in [-0.3, -0.25) is 4.79 Å². The van der Waals surface area contributed by atoms with Crippen LogP contribution in [0.4, 0.5) is 8.78 Å². The molecule has 0 unspecified atom stereocenters. The Hall–Kier alpha value is -1.53. The maximum atomic E-state index is 11.7. The van der Waals surface area contributed by atoms with Crippen LogP contribution >= 0.6 is 0 Å². The van der Waals surface area contributed by atoms with E-state index in [9.17, 15) is 13.6 Å². The van der Waals surface area contributed by atoms with Crippen molar-refractivity contribution in [3.8, 4) is 0 Å². The average molecular weight is 259 g/mol. The number of halogens is 2. The fraction of sp³-hybridized carbons (Fsp3) is 0.417. The van der Waals surface area contributed by atoms with Gasteiger partial charge in [0.15, 0.2) is 0 Å². The number of rotatable bonds is 7. The summed E-state index contributed by atoms with van der Waals surface area (Å²) in [6.45, 7) is -3.01. The van der Waals surface area contributed by atoms with Gasteiger partial charge in [-0.25, -0.2) is 0 Å². The largest absolute Gasteiger partial charge is 0.460 e. The number of alkyl halides is 2. The first-order valence-electron chi connectivity index (χ1n) is 5.45. The summed E-state index contributed by atoms with van der Waals surface area (Å²) < 4.78 is 32.3. The second-order valence-electron chi connectivity index (χ2n) is 3.62. The number of benzene rings is 1. The van der Waals surface area contributed by atoms with Gasteiger partial charge in [0.25, 0.3) is 0 Å². The third kappa shape index (κ3) is 5.70. The molecule has 0 aliphatic rings. The van der Waals surface area contributed by atoms with E-state index in [0.29, 0.717) is 0 Å². The number of hydrogen-bond acceptors (Lipinski definition) is 4. The molecule has 1 aromatic rings. The molecule has 18 heavy (non-hydrogen) atoms. The molecule has 1 atom stereocenters. The van der Waals surface area contributed by atoms with E-state index in [1.807, 2.05) is 18.2 Å². The standard InChI is InChI=1S/C12H15F2NO3/c13-12(14)17-7-6-10(15)11(16)18-8-9-4-2-1-3-5-9/h1-5,10,12H,6-8,15H2/t10-/m0/s1. The first kappa shape index (κ1) is 14.5. The lowest BCUT2D eigenvalue weighted by Gasteiger charge is -2.11. The molecule has 0 fully saturated rings. The molecular weight excluding hydrogens is 244 g/mol. The zero-order valence-corrected chi connectivity index (χ0v) is 9.72. The van der Waals surface area contributed by atoms with E-state index in [-0.39, 0.29) is 19.6 Å². The normalized spacial score (nSPS) is 12.4. The van der Waals surface area contributed by atoms with Crippen molar-refractivity contribution in [1.29, 1.82) is 0 Å². The lowest BCUT2D eigenvalue weighted by atomic mass is 10.2. The summed E-state index contributed by atoms with van der Waals surface area (Å²) in [5, 5.41) is 0. The van der Waals surface area contributed by atoms with Gasteiger partial charge in [0.1, 0.15) is 12.6 Å². The van der Waals surface area contributed by atoms with E-state index >= 15 is 0 Å². The SMILES string of the molecule is N[C@@H](CCOC(F)F)C(=O)OCc1ccccc1. The van der Waals surface area contributed by atoms with E-state index in [2.05, 4.69) is 4.74 Å². The summed E-state index contributed by atoms with van der Waals surface area (Å²) >= 11 is 0. The van der Waals surface area contributed by atoms with Crippen LogP contribution in [-0.2, 0) is 20.9 Å².